The van der Waals surface area contributed by atoms with Crippen molar-refractivity contribution in [2.24, 2.45) is 11.7 Å². The van der Waals surface area contributed by atoms with Crippen LogP contribution in [-0.4, -0.2) is 33.7 Å². The van der Waals surface area contributed by atoms with Gasteiger partial charge in [0.2, 0.25) is 11.8 Å². The Hall–Kier alpha value is -3.92. The number of ether oxygens (including phenoxy) is 2. The van der Waals surface area contributed by atoms with E-state index in [0.29, 0.717) is 48.2 Å². The number of aromatic carboxylic acids is 1. The molecule has 1 aromatic heterocycles. The van der Waals surface area contributed by atoms with Gasteiger partial charge in [0.1, 0.15) is 6.61 Å². The monoisotopic (exact) mass is 572 g/mol. The van der Waals surface area contributed by atoms with Crippen molar-refractivity contribution in [3.63, 3.8) is 0 Å². The standard InChI is InChI=1S/C32H36N4O4S/c1-21(2)15-26(33)20-40-29-17-28(34-32(35-29)36-41-27-14-8-12-24(16-27)31(37)38)30-22(3)9-7-13-25(30)19-39-18-23-10-5-4-6-11-23/h4-14,16-17,21,26H,15,18-20,33H2,1-3H3,(H,37,38)(H,34,35,36). The third kappa shape index (κ3) is 9.04. The average Bonchev–Trinajstić information content (AvgIpc) is 2.95. The third-order valence-corrected chi connectivity index (χ3v) is 7.02. The Morgan fingerprint density at radius 2 is 1.78 bits per heavy atom. The number of nitrogens with one attached hydrogen (secondary N) is 1. The summed E-state index contributed by atoms with van der Waals surface area (Å²) < 4.78 is 15.3. The lowest BCUT2D eigenvalue weighted by Crippen LogP contribution is -2.29. The summed E-state index contributed by atoms with van der Waals surface area (Å²) in [5.74, 6) is 0.201. The summed E-state index contributed by atoms with van der Waals surface area (Å²) in [6.45, 7) is 7.52. The quantitative estimate of drug-likeness (QED) is 0.141. The number of aryl methyl sites for hydroxylation is 1. The van der Waals surface area contributed by atoms with E-state index in [2.05, 4.69) is 23.6 Å². The molecule has 1 unspecified atom stereocenters. The minimum atomic E-state index is -0.985. The Labute approximate surface area is 245 Å². The van der Waals surface area contributed by atoms with Gasteiger partial charge in [-0.3, -0.25) is 4.72 Å². The number of rotatable bonds is 14. The number of aromatic nitrogens is 2. The lowest BCUT2D eigenvalue weighted by molar-refractivity contribution is 0.0696. The smallest absolute Gasteiger partial charge is 0.335 e. The highest BCUT2D eigenvalue weighted by Crippen LogP contribution is 2.31. The predicted molar refractivity (Wildman–Crippen MR) is 163 cm³/mol. The molecule has 0 saturated carbocycles. The van der Waals surface area contributed by atoms with Crippen LogP contribution in [0.2, 0.25) is 0 Å². The normalized spacial score (nSPS) is 11.8. The van der Waals surface area contributed by atoms with E-state index in [-0.39, 0.29) is 11.6 Å². The van der Waals surface area contributed by atoms with Crippen molar-refractivity contribution in [1.82, 2.24) is 9.97 Å². The second-order valence-electron chi connectivity index (χ2n) is 10.2. The van der Waals surface area contributed by atoms with E-state index in [1.807, 2.05) is 67.6 Å². The van der Waals surface area contributed by atoms with Crippen molar-refractivity contribution in [3.8, 4) is 17.1 Å². The van der Waals surface area contributed by atoms with Crippen LogP contribution in [0.1, 0.15) is 47.3 Å². The van der Waals surface area contributed by atoms with E-state index in [1.165, 1.54) is 11.9 Å². The molecule has 214 valence electrons. The molecule has 0 bridgehead atoms. The van der Waals surface area contributed by atoms with Crippen molar-refractivity contribution >= 4 is 23.9 Å². The number of carboxylic acid groups (broad SMARTS) is 1. The Balaban J connectivity index is 1.61. The number of anilines is 1. The van der Waals surface area contributed by atoms with Crippen LogP contribution in [0.15, 0.2) is 83.8 Å². The molecule has 0 aliphatic carbocycles. The second kappa shape index (κ2) is 14.6. The lowest BCUT2D eigenvalue weighted by Gasteiger charge is -2.17. The molecule has 4 rings (SSSR count). The molecule has 4 N–H and O–H groups in total. The first-order valence-corrected chi connectivity index (χ1v) is 14.3. The summed E-state index contributed by atoms with van der Waals surface area (Å²) in [7, 11) is 0. The minimum absolute atomic E-state index is 0.127. The fraction of sp³-hybridized carbons (Fsp3) is 0.281. The molecule has 8 nitrogen and oxygen atoms in total. The zero-order chi connectivity index (χ0) is 29.2. The van der Waals surface area contributed by atoms with E-state index in [1.54, 1.807) is 18.2 Å². The van der Waals surface area contributed by atoms with Crippen LogP contribution >= 0.6 is 11.9 Å². The van der Waals surface area contributed by atoms with Crippen molar-refractivity contribution in [3.05, 3.63) is 101 Å². The van der Waals surface area contributed by atoms with Crippen LogP contribution in [0.3, 0.4) is 0 Å². The second-order valence-corrected chi connectivity index (χ2v) is 11.1. The number of hydrogen-bond donors (Lipinski definition) is 3. The first kappa shape index (κ1) is 30.0. The molecule has 1 atom stereocenters. The average molecular weight is 573 g/mol. The van der Waals surface area contributed by atoms with Crippen molar-refractivity contribution < 1.29 is 19.4 Å². The highest BCUT2D eigenvalue weighted by molar-refractivity contribution is 8.00. The summed E-state index contributed by atoms with van der Waals surface area (Å²) >= 11 is 1.23. The van der Waals surface area contributed by atoms with Gasteiger partial charge in [-0.05, 0) is 66.1 Å². The Morgan fingerprint density at radius 3 is 2.54 bits per heavy atom. The van der Waals surface area contributed by atoms with Crippen molar-refractivity contribution in [2.75, 3.05) is 11.3 Å². The molecule has 0 fully saturated rings. The lowest BCUT2D eigenvalue weighted by atomic mass is 9.99. The molecule has 41 heavy (non-hydrogen) atoms. The van der Waals surface area contributed by atoms with Crippen LogP contribution in [0.4, 0.5) is 5.95 Å². The molecule has 0 aliphatic heterocycles. The van der Waals surface area contributed by atoms with Crippen LogP contribution in [0.25, 0.3) is 11.3 Å². The van der Waals surface area contributed by atoms with Crippen LogP contribution < -0.4 is 15.2 Å². The Bertz CT molecular complexity index is 1450. The topological polar surface area (TPSA) is 120 Å². The molecular weight excluding hydrogens is 536 g/mol. The molecule has 0 spiro atoms. The molecule has 0 saturated heterocycles. The highest BCUT2D eigenvalue weighted by Gasteiger charge is 2.16. The van der Waals surface area contributed by atoms with Gasteiger partial charge in [-0.15, -0.1) is 0 Å². The van der Waals surface area contributed by atoms with E-state index in [4.69, 9.17) is 20.2 Å². The fourth-order valence-corrected chi connectivity index (χ4v) is 5.04. The van der Waals surface area contributed by atoms with Crippen LogP contribution in [-0.2, 0) is 18.0 Å². The minimum Gasteiger partial charge on any atom is -0.478 e. The number of carboxylic acids is 1. The first-order chi connectivity index (χ1) is 19.8. The first-order valence-electron chi connectivity index (χ1n) is 13.5. The molecule has 0 amide bonds. The summed E-state index contributed by atoms with van der Waals surface area (Å²) in [5, 5.41) is 9.34. The fourth-order valence-electron chi connectivity index (χ4n) is 4.40. The predicted octanol–water partition coefficient (Wildman–Crippen LogP) is 6.74. The number of benzene rings is 3. The van der Waals surface area contributed by atoms with Gasteiger partial charge in [-0.2, -0.15) is 4.98 Å². The van der Waals surface area contributed by atoms with Crippen molar-refractivity contribution in [2.45, 2.75) is 51.3 Å². The van der Waals surface area contributed by atoms with E-state index in [9.17, 15) is 9.90 Å². The van der Waals surface area contributed by atoms with Gasteiger partial charge in [0.15, 0.2) is 0 Å². The highest BCUT2D eigenvalue weighted by atomic mass is 32.2. The van der Waals surface area contributed by atoms with Gasteiger partial charge in [0, 0.05) is 22.6 Å². The maximum absolute atomic E-state index is 11.4. The van der Waals surface area contributed by atoms with Gasteiger partial charge < -0.3 is 20.3 Å². The molecular formula is C32H36N4O4S. The molecule has 1 heterocycles. The van der Waals surface area contributed by atoms with Gasteiger partial charge in [0.25, 0.3) is 0 Å². The van der Waals surface area contributed by atoms with Gasteiger partial charge in [-0.25, -0.2) is 9.78 Å². The molecule has 0 radical (unpaired) electrons. The summed E-state index contributed by atoms with van der Waals surface area (Å²) in [6.07, 6.45) is 0.833. The van der Waals surface area contributed by atoms with Gasteiger partial charge in [-0.1, -0.05) is 68.4 Å². The Morgan fingerprint density at radius 1 is 1.00 bits per heavy atom. The summed E-state index contributed by atoms with van der Waals surface area (Å²) in [5.41, 5.74) is 11.3. The van der Waals surface area contributed by atoms with E-state index < -0.39 is 5.97 Å². The van der Waals surface area contributed by atoms with E-state index >= 15 is 0 Å². The summed E-state index contributed by atoms with van der Waals surface area (Å²) in [6, 6.07) is 24.5. The molecule has 4 aromatic rings. The maximum atomic E-state index is 11.4. The summed E-state index contributed by atoms with van der Waals surface area (Å²) in [4.78, 5) is 21.5. The van der Waals surface area contributed by atoms with Crippen molar-refractivity contribution in [1.29, 1.82) is 0 Å². The number of carbonyl (C=O) groups is 1. The zero-order valence-corrected chi connectivity index (χ0v) is 24.4. The number of hydrogen-bond acceptors (Lipinski definition) is 8. The molecule has 3 aromatic carbocycles. The van der Waals surface area contributed by atoms with Crippen LogP contribution in [0.5, 0.6) is 5.88 Å². The Kier molecular flexibility index (Phi) is 10.7. The SMILES string of the molecule is Cc1cccc(COCc2ccccc2)c1-c1cc(OCC(N)CC(C)C)nc(NSc2cccc(C(=O)O)c2)n1. The van der Waals surface area contributed by atoms with Gasteiger partial charge >= 0.3 is 5.97 Å². The number of nitrogens with two attached hydrogens (primary N) is 1. The largest absolute Gasteiger partial charge is 0.478 e. The van der Waals surface area contributed by atoms with E-state index in [0.717, 1.165) is 28.7 Å². The maximum Gasteiger partial charge on any atom is 0.335 e. The van der Waals surface area contributed by atoms with Crippen LogP contribution in [0, 0.1) is 12.8 Å². The third-order valence-electron chi connectivity index (χ3n) is 6.25. The zero-order valence-electron chi connectivity index (χ0n) is 23.5. The molecule has 0 aliphatic rings. The molecule has 9 heteroatoms. The number of nitrogens with zero attached hydrogens (tertiary/aromatic N) is 2. The van der Waals surface area contributed by atoms with Gasteiger partial charge in [0.05, 0.1) is 24.5 Å².